The van der Waals surface area contributed by atoms with Crippen molar-refractivity contribution in [3.05, 3.63) is 110 Å². The van der Waals surface area contributed by atoms with Gasteiger partial charge in [0.15, 0.2) is 0 Å². The van der Waals surface area contributed by atoms with Crippen molar-refractivity contribution in [2.24, 2.45) is 5.92 Å². The van der Waals surface area contributed by atoms with Crippen molar-refractivity contribution in [1.29, 1.82) is 0 Å². The monoisotopic (exact) mass is 665 g/mol. The second-order valence-electron chi connectivity index (χ2n) is 12.5. The van der Waals surface area contributed by atoms with Crippen LogP contribution in [0, 0.1) is 12.8 Å². The molecule has 3 unspecified atom stereocenters. The van der Waals surface area contributed by atoms with E-state index in [-0.39, 0.29) is 11.3 Å². The third-order valence-corrected chi connectivity index (χ3v) is 10.9. The number of para-hydroxylation sites is 1. The lowest BCUT2D eigenvalue weighted by Gasteiger charge is -2.31. The van der Waals surface area contributed by atoms with Crippen molar-refractivity contribution in [1.82, 2.24) is 4.57 Å². The molecular formula is C34H30F3N3O4S2. The second-order valence-corrected chi connectivity index (χ2v) is 14.6. The molecule has 46 heavy (non-hydrogen) atoms. The molecule has 1 aromatic heterocycles. The van der Waals surface area contributed by atoms with Crippen molar-refractivity contribution >= 4 is 52.2 Å². The Morgan fingerprint density at radius 2 is 1.54 bits per heavy atom. The summed E-state index contributed by atoms with van der Waals surface area (Å²) in [6.07, 6.45) is -4.69. The van der Waals surface area contributed by atoms with E-state index in [2.05, 4.69) is 26.1 Å². The van der Waals surface area contributed by atoms with Gasteiger partial charge in [-0.3, -0.25) is 23.7 Å². The lowest BCUT2D eigenvalue weighted by molar-refractivity contribution is -0.137. The summed E-state index contributed by atoms with van der Waals surface area (Å²) in [5, 5.41) is 1.76. The normalized spacial score (nSPS) is 19.6. The van der Waals surface area contributed by atoms with Crippen molar-refractivity contribution in [2.75, 3.05) is 10.2 Å². The van der Waals surface area contributed by atoms with E-state index in [1.807, 2.05) is 43.3 Å². The van der Waals surface area contributed by atoms with Gasteiger partial charge < -0.3 is 5.32 Å². The molecule has 7 nitrogen and oxygen atoms in total. The van der Waals surface area contributed by atoms with E-state index in [9.17, 15) is 32.3 Å². The first-order valence-corrected chi connectivity index (χ1v) is 16.3. The summed E-state index contributed by atoms with van der Waals surface area (Å²) in [7, 11) is 0. The molecule has 3 atom stereocenters. The van der Waals surface area contributed by atoms with E-state index < -0.39 is 57.7 Å². The zero-order chi connectivity index (χ0) is 33.1. The largest absolute Gasteiger partial charge is 0.418 e. The van der Waals surface area contributed by atoms with Gasteiger partial charge in [-0.2, -0.15) is 13.2 Å². The van der Waals surface area contributed by atoms with E-state index in [1.165, 1.54) is 21.6 Å². The molecule has 0 radical (unpaired) electrons. The summed E-state index contributed by atoms with van der Waals surface area (Å²) >= 11 is 1.93. The Morgan fingerprint density at radius 1 is 0.891 bits per heavy atom. The number of amides is 3. The van der Waals surface area contributed by atoms with Gasteiger partial charge in [0.2, 0.25) is 17.7 Å². The highest BCUT2D eigenvalue weighted by Crippen LogP contribution is 2.54. The van der Waals surface area contributed by atoms with Crippen LogP contribution in [0.5, 0.6) is 0 Å². The van der Waals surface area contributed by atoms with Crippen molar-refractivity contribution in [3.8, 4) is 0 Å². The van der Waals surface area contributed by atoms with Gasteiger partial charge in [0, 0.05) is 10.8 Å². The van der Waals surface area contributed by atoms with Crippen LogP contribution in [0.3, 0.4) is 0 Å². The molecule has 0 bridgehead atoms. The number of anilines is 2. The molecule has 6 rings (SSSR count). The lowest BCUT2D eigenvalue weighted by Crippen LogP contribution is -2.33. The molecule has 0 spiro atoms. The fourth-order valence-corrected chi connectivity index (χ4v) is 8.70. The number of nitrogens with zero attached hydrogens (tertiary/aromatic N) is 2. The first-order chi connectivity index (χ1) is 21.6. The van der Waals surface area contributed by atoms with E-state index in [0.717, 1.165) is 51.9 Å². The molecule has 1 saturated heterocycles. The molecule has 1 N–H and O–H groups in total. The number of thioether (sulfide) groups is 1. The number of imide groups is 1. The fraction of sp³-hybridized carbons (Fsp3) is 0.294. The predicted octanol–water partition coefficient (Wildman–Crippen LogP) is 6.97. The molecule has 3 heterocycles. The molecule has 0 aliphatic carbocycles. The van der Waals surface area contributed by atoms with Crippen molar-refractivity contribution < 1.29 is 27.6 Å². The minimum Gasteiger partial charge on any atom is -0.324 e. The number of hydrogen-bond acceptors (Lipinski definition) is 6. The van der Waals surface area contributed by atoms with E-state index in [0.29, 0.717) is 15.6 Å². The highest BCUT2D eigenvalue weighted by Gasteiger charge is 2.56. The van der Waals surface area contributed by atoms with E-state index in [4.69, 9.17) is 0 Å². The van der Waals surface area contributed by atoms with Crippen LogP contribution in [-0.2, 0) is 32.5 Å². The summed E-state index contributed by atoms with van der Waals surface area (Å²) < 4.78 is 41.9. The summed E-state index contributed by atoms with van der Waals surface area (Å²) in [6.45, 7) is 7.57. The Labute approximate surface area is 271 Å². The number of halogens is 3. The van der Waals surface area contributed by atoms with Crippen LogP contribution in [0.15, 0.2) is 82.6 Å². The molecule has 238 valence electrons. The van der Waals surface area contributed by atoms with Crippen LogP contribution >= 0.6 is 23.1 Å². The van der Waals surface area contributed by atoms with Gasteiger partial charge in [0.05, 0.1) is 27.9 Å². The number of nitrogens with one attached hydrogen (secondary N) is 1. The van der Waals surface area contributed by atoms with Gasteiger partial charge in [-0.15, -0.1) is 0 Å². The molecule has 1 fully saturated rings. The van der Waals surface area contributed by atoms with Gasteiger partial charge in [0.1, 0.15) is 11.8 Å². The summed E-state index contributed by atoms with van der Waals surface area (Å²) in [5.74, 6) is -3.11. The number of alkyl halides is 3. The zero-order valence-corrected chi connectivity index (χ0v) is 27.0. The number of benzene rings is 3. The quantitative estimate of drug-likeness (QED) is 0.233. The van der Waals surface area contributed by atoms with Crippen LogP contribution < -0.4 is 15.1 Å². The van der Waals surface area contributed by atoms with Gasteiger partial charge in [-0.1, -0.05) is 98.0 Å². The number of carbonyl (C=O) groups is 3. The third kappa shape index (κ3) is 5.68. The molecule has 0 saturated carbocycles. The van der Waals surface area contributed by atoms with Crippen LogP contribution in [0.1, 0.15) is 53.8 Å². The number of aryl methyl sites for hydroxylation is 1. The highest BCUT2D eigenvalue weighted by atomic mass is 32.2. The van der Waals surface area contributed by atoms with E-state index in [1.54, 1.807) is 12.1 Å². The Hall–Kier alpha value is -4.16. The molecular weight excluding hydrogens is 636 g/mol. The SMILES string of the molecule is Cc1ccc(N2C(=O)C3Sc4c(sc(=O)n4CC(=O)Nc4ccccc4C(F)(F)F)C(c4ccc(C(C)(C)C)cc4)C3C2=O)cc1. The number of thiazole rings is 1. The smallest absolute Gasteiger partial charge is 0.324 e. The van der Waals surface area contributed by atoms with Gasteiger partial charge in [0.25, 0.3) is 0 Å². The van der Waals surface area contributed by atoms with Crippen molar-refractivity contribution in [3.63, 3.8) is 0 Å². The number of fused-ring (bicyclic) bond motifs is 2. The summed E-state index contributed by atoms with van der Waals surface area (Å²) in [4.78, 5) is 55.8. The molecule has 3 aromatic carbocycles. The number of aromatic nitrogens is 1. The zero-order valence-electron chi connectivity index (χ0n) is 25.3. The lowest BCUT2D eigenvalue weighted by atomic mass is 9.81. The fourth-order valence-electron chi connectivity index (χ4n) is 5.93. The maximum Gasteiger partial charge on any atom is 0.418 e. The Morgan fingerprint density at radius 3 is 2.17 bits per heavy atom. The van der Waals surface area contributed by atoms with Crippen LogP contribution in [0.25, 0.3) is 0 Å². The first-order valence-electron chi connectivity index (χ1n) is 14.6. The number of hydrogen-bond donors (Lipinski definition) is 1. The molecule has 3 amide bonds. The maximum atomic E-state index is 14.1. The minimum absolute atomic E-state index is 0.137. The molecule has 4 aromatic rings. The Bertz CT molecular complexity index is 1910. The topological polar surface area (TPSA) is 88.5 Å². The Balaban J connectivity index is 1.41. The van der Waals surface area contributed by atoms with E-state index >= 15 is 0 Å². The minimum atomic E-state index is -4.69. The average Bonchev–Trinajstić information content (AvgIpc) is 3.43. The van der Waals surface area contributed by atoms with Gasteiger partial charge in [-0.25, -0.2) is 4.90 Å². The molecule has 12 heteroatoms. The molecule has 2 aliphatic rings. The number of carbonyl (C=O) groups excluding carboxylic acids is 3. The number of rotatable bonds is 5. The van der Waals surface area contributed by atoms with Gasteiger partial charge in [-0.05, 0) is 47.7 Å². The van der Waals surface area contributed by atoms with Crippen LogP contribution in [0.4, 0.5) is 24.5 Å². The van der Waals surface area contributed by atoms with Gasteiger partial charge >= 0.3 is 11.0 Å². The molecule has 2 aliphatic heterocycles. The Kier molecular flexibility index (Phi) is 8.00. The predicted molar refractivity (Wildman–Crippen MR) is 172 cm³/mol. The van der Waals surface area contributed by atoms with Crippen LogP contribution in [-0.4, -0.2) is 27.5 Å². The first kappa shape index (κ1) is 31.8. The second kappa shape index (κ2) is 11.6. The average molecular weight is 666 g/mol. The van der Waals surface area contributed by atoms with Crippen molar-refractivity contribution in [2.45, 2.75) is 62.0 Å². The standard InChI is InChI=1S/C34H30F3N3O4S2/c1-18-9-15-21(16-10-18)40-29(42)26-25(19-11-13-20(14-12-19)33(2,3)4)28-31(45-27(26)30(40)43)39(32(44)46-28)17-24(41)38-23-8-6-5-7-22(23)34(35,36)37/h5-16,25-27H,17H2,1-4H3,(H,38,41). The highest BCUT2D eigenvalue weighted by molar-refractivity contribution is 8.00. The maximum absolute atomic E-state index is 14.1. The summed E-state index contributed by atoms with van der Waals surface area (Å²) in [6, 6.07) is 19.4. The summed E-state index contributed by atoms with van der Waals surface area (Å²) in [5.41, 5.74) is 1.65. The third-order valence-electron chi connectivity index (χ3n) is 8.29. The van der Waals surface area contributed by atoms with Crippen LogP contribution in [0.2, 0.25) is 0 Å².